The molecule has 0 unspecified atom stereocenters. The molecule has 1 aromatic rings. The molecular formula is C11H13IO3. The van der Waals surface area contributed by atoms with Crippen LogP contribution in [0.25, 0.3) is 0 Å². The van der Waals surface area contributed by atoms with Crippen LogP contribution in [0.1, 0.15) is 18.3 Å². The van der Waals surface area contributed by atoms with E-state index in [0.29, 0.717) is 0 Å². The molecule has 0 bridgehead atoms. The SMILES string of the molecule is COc1cccc(C2OCCCO2)c1I. The maximum atomic E-state index is 5.56. The van der Waals surface area contributed by atoms with E-state index in [0.717, 1.165) is 34.5 Å². The molecule has 0 saturated carbocycles. The van der Waals surface area contributed by atoms with Crippen LogP contribution in [0, 0.1) is 3.57 Å². The van der Waals surface area contributed by atoms with E-state index in [9.17, 15) is 0 Å². The first-order valence-electron chi connectivity index (χ1n) is 4.88. The second-order valence-electron chi connectivity index (χ2n) is 3.29. The lowest BCUT2D eigenvalue weighted by atomic mass is 10.2. The molecule has 1 aliphatic rings. The number of benzene rings is 1. The number of halogens is 1. The van der Waals surface area contributed by atoms with Crippen LogP contribution < -0.4 is 4.74 Å². The lowest BCUT2D eigenvalue weighted by Gasteiger charge is -2.24. The van der Waals surface area contributed by atoms with Gasteiger partial charge in [-0.05, 0) is 35.1 Å². The van der Waals surface area contributed by atoms with Crippen molar-refractivity contribution in [3.8, 4) is 5.75 Å². The topological polar surface area (TPSA) is 27.7 Å². The van der Waals surface area contributed by atoms with Gasteiger partial charge in [0.2, 0.25) is 0 Å². The predicted molar refractivity (Wildman–Crippen MR) is 65.0 cm³/mol. The van der Waals surface area contributed by atoms with Gasteiger partial charge in [0.25, 0.3) is 0 Å². The highest BCUT2D eigenvalue weighted by Gasteiger charge is 2.20. The number of rotatable bonds is 2. The fourth-order valence-electron chi connectivity index (χ4n) is 1.53. The molecule has 82 valence electrons. The van der Waals surface area contributed by atoms with Crippen molar-refractivity contribution in [2.24, 2.45) is 0 Å². The first-order valence-corrected chi connectivity index (χ1v) is 5.96. The summed E-state index contributed by atoms with van der Waals surface area (Å²) in [7, 11) is 1.67. The van der Waals surface area contributed by atoms with Gasteiger partial charge in [0.15, 0.2) is 6.29 Å². The lowest BCUT2D eigenvalue weighted by Crippen LogP contribution is -2.18. The molecule has 1 heterocycles. The Morgan fingerprint density at radius 3 is 2.73 bits per heavy atom. The smallest absolute Gasteiger partial charge is 0.184 e. The Bertz CT molecular complexity index is 335. The van der Waals surface area contributed by atoms with Crippen LogP contribution in [-0.2, 0) is 9.47 Å². The average molecular weight is 320 g/mol. The minimum absolute atomic E-state index is 0.235. The number of ether oxygens (including phenoxy) is 3. The Balaban J connectivity index is 2.26. The van der Waals surface area contributed by atoms with Crippen LogP contribution in [0.4, 0.5) is 0 Å². The van der Waals surface area contributed by atoms with Crippen LogP contribution in [-0.4, -0.2) is 20.3 Å². The highest BCUT2D eigenvalue weighted by Crippen LogP contribution is 2.32. The van der Waals surface area contributed by atoms with Gasteiger partial charge < -0.3 is 14.2 Å². The Kier molecular flexibility index (Phi) is 3.82. The van der Waals surface area contributed by atoms with E-state index in [1.54, 1.807) is 7.11 Å². The van der Waals surface area contributed by atoms with Crippen molar-refractivity contribution in [2.75, 3.05) is 20.3 Å². The summed E-state index contributed by atoms with van der Waals surface area (Å²) in [6, 6.07) is 5.91. The molecule has 2 rings (SSSR count). The van der Waals surface area contributed by atoms with Crippen molar-refractivity contribution in [2.45, 2.75) is 12.7 Å². The van der Waals surface area contributed by atoms with Gasteiger partial charge in [-0.3, -0.25) is 0 Å². The van der Waals surface area contributed by atoms with Gasteiger partial charge in [0, 0.05) is 5.56 Å². The summed E-state index contributed by atoms with van der Waals surface area (Å²) in [5, 5.41) is 0. The van der Waals surface area contributed by atoms with E-state index in [1.807, 2.05) is 18.2 Å². The number of hydrogen-bond donors (Lipinski definition) is 0. The highest BCUT2D eigenvalue weighted by atomic mass is 127. The summed E-state index contributed by atoms with van der Waals surface area (Å²) in [5.74, 6) is 0.867. The molecule has 1 saturated heterocycles. The van der Waals surface area contributed by atoms with Crippen LogP contribution in [0.15, 0.2) is 18.2 Å². The molecule has 1 aromatic carbocycles. The Morgan fingerprint density at radius 2 is 2.07 bits per heavy atom. The standard InChI is InChI=1S/C11H13IO3/c1-13-9-5-2-4-8(10(9)12)11-14-6-3-7-15-11/h2,4-5,11H,3,6-7H2,1H3. The van der Waals surface area contributed by atoms with Gasteiger partial charge >= 0.3 is 0 Å². The minimum Gasteiger partial charge on any atom is -0.496 e. The second-order valence-corrected chi connectivity index (χ2v) is 4.37. The molecule has 0 spiro atoms. The van der Waals surface area contributed by atoms with Gasteiger partial charge in [0.1, 0.15) is 5.75 Å². The molecule has 0 amide bonds. The fourth-order valence-corrected chi connectivity index (χ4v) is 2.37. The first kappa shape index (κ1) is 11.2. The first-order chi connectivity index (χ1) is 7.33. The average Bonchev–Trinajstić information content (AvgIpc) is 2.30. The largest absolute Gasteiger partial charge is 0.496 e. The van der Waals surface area contributed by atoms with Crippen LogP contribution >= 0.6 is 22.6 Å². The van der Waals surface area contributed by atoms with E-state index in [1.165, 1.54) is 0 Å². The maximum Gasteiger partial charge on any atom is 0.184 e. The van der Waals surface area contributed by atoms with E-state index >= 15 is 0 Å². The van der Waals surface area contributed by atoms with E-state index < -0.39 is 0 Å². The summed E-state index contributed by atoms with van der Waals surface area (Å²) in [4.78, 5) is 0. The highest BCUT2D eigenvalue weighted by molar-refractivity contribution is 14.1. The van der Waals surface area contributed by atoms with Crippen molar-refractivity contribution >= 4 is 22.6 Å². The zero-order valence-corrected chi connectivity index (χ0v) is 10.7. The molecule has 1 fully saturated rings. The molecule has 0 aromatic heterocycles. The quantitative estimate of drug-likeness (QED) is 0.784. The summed E-state index contributed by atoms with van der Waals surface area (Å²) in [5.41, 5.74) is 1.05. The van der Waals surface area contributed by atoms with Gasteiger partial charge in [-0.25, -0.2) is 0 Å². The van der Waals surface area contributed by atoms with Gasteiger partial charge in [-0.15, -0.1) is 0 Å². The Labute approximate surface area is 103 Å². The summed E-state index contributed by atoms with van der Waals surface area (Å²) >= 11 is 2.26. The molecule has 0 aliphatic carbocycles. The van der Waals surface area contributed by atoms with Crippen molar-refractivity contribution in [3.05, 3.63) is 27.3 Å². The zero-order chi connectivity index (χ0) is 10.7. The molecule has 4 heteroatoms. The molecule has 1 aliphatic heterocycles. The van der Waals surface area contributed by atoms with Crippen LogP contribution in [0.5, 0.6) is 5.75 Å². The van der Waals surface area contributed by atoms with E-state index in [4.69, 9.17) is 14.2 Å². The molecule has 0 N–H and O–H groups in total. The number of hydrogen-bond acceptors (Lipinski definition) is 3. The van der Waals surface area contributed by atoms with Crippen molar-refractivity contribution in [3.63, 3.8) is 0 Å². The van der Waals surface area contributed by atoms with Crippen LogP contribution in [0.3, 0.4) is 0 Å². The van der Waals surface area contributed by atoms with Gasteiger partial charge in [-0.2, -0.15) is 0 Å². The van der Waals surface area contributed by atoms with Crippen molar-refractivity contribution < 1.29 is 14.2 Å². The predicted octanol–water partition coefficient (Wildman–Crippen LogP) is 2.74. The van der Waals surface area contributed by atoms with Gasteiger partial charge in [0.05, 0.1) is 23.9 Å². The minimum atomic E-state index is -0.235. The Morgan fingerprint density at radius 1 is 1.33 bits per heavy atom. The molecule has 0 radical (unpaired) electrons. The Hall–Kier alpha value is -0.330. The van der Waals surface area contributed by atoms with Crippen LogP contribution in [0.2, 0.25) is 0 Å². The van der Waals surface area contributed by atoms with Crippen molar-refractivity contribution in [1.82, 2.24) is 0 Å². The lowest BCUT2D eigenvalue weighted by molar-refractivity contribution is -0.183. The molecular weight excluding hydrogens is 307 g/mol. The third kappa shape index (κ3) is 2.43. The summed E-state index contributed by atoms with van der Waals surface area (Å²) < 4.78 is 17.4. The zero-order valence-electron chi connectivity index (χ0n) is 8.53. The molecule has 3 nitrogen and oxygen atoms in total. The maximum absolute atomic E-state index is 5.56. The molecule has 15 heavy (non-hydrogen) atoms. The monoisotopic (exact) mass is 320 g/mol. The normalized spacial score (nSPS) is 17.7. The second kappa shape index (κ2) is 5.14. The number of methoxy groups -OCH3 is 1. The fraction of sp³-hybridized carbons (Fsp3) is 0.455. The van der Waals surface area contributed by atoms with E-state index in [-0.39, 0.29) is 6.29 Å². The molecule has 0 atom stereocenters. The summed E-state index contributed by atoms with van der Waals surface area (Å²) in [6.45, 7) is 1.52. The van der Waals surface area contributed by atoms with Crippen molar-refractivity contribution in [1.29, 1.82) is 0 Å². The summed E-state index contributed by atoms with van der Waals surface area (Å²) in [6.07, 6.45) is 0.734. The van der Waals surface area contributed by atoms with E-state index in [2.05, 4.69) is 22.6 Å². The third-order valence-corrected chi connectivity index (χ3v) is 3.45. The van der Waals surface area contributed by atoms with Gasteiger partial charge in [-0.1, -0.05) is 12.1 Å². The third-order valence-electron chi connectivity index (χ3n) is 2.29.